The number of hydrogen-bond donors (Lipinski definition) is 0. The standard InChI is InChI=1S/C22H26O5/c1-3-18(20(23)25-2)19-13-22(14-26-21(24)27-15-22)12-17(19)11-7-10-16-8-5-4-6-9-16/h3-9,11,17-19H,1,10,12-15H2,2H3/b11-7+/t17-,18-,19-/m0/s1. The quantitative estimate of drug-likeness (QED) is 0.561. The van der Waals surface area contributed by atoms with Crippen molar-refractivity contribution in [2.45, 2.75) is 19.3 Å². The van der Waals surface area contributed by atoms with E-state index in [0.29, 0.717) is 13.2 Å². The summed E-state index contributed by atoms with van der Waals surface area (Å²) in [5.74, 6) is -0.459. The molecule has 2 aliphatic rings. The van der Waals surface area contributed by atoms with Crippen LogP contribution in [0.3, 0.4) is 0 Å². The van der Waals surface area contributed by atoms with Crippen molar-refractivity contribution in [1.82, 2.24) is 0 Å². The highest BCUT2D eigenvalue weighted by Gasteiger charge is 2.51. The third-order valence-electron chi connectivity index (χ3n) is 5.65. The molecule has 0 bridgehead atoms. The molecular weight excluding hydrogens is 344 g/mol. The Morgan fingerprint density at radius 3 is 2.63 bits per heavy atom. The summed E-state index contributed by atoms with van der Waals surface area (Å²) < 4.78 is 15.3. The van der Waals surface area contributed by atoms with Crippen LogP contribution in [0.4, 0.5) is 4.79 Å². The average Bonchev–Trinajstić information content (AvgIpc) is 3.04. The molecule has 1 aromatic rings. The van der Waals surface area contributed by atoms with Gasteiger partial charge in [0.15, 0.2) is 0 Å². The molecule has 3 atom stereocenters. The van der Waals surface area contributed by atoms with E-state index in [1.54, 1.807) is 6.08 Å². The van der Waals surface area contributed by atoms with Gasteiger partial charge in [0.25, 0.3) is 0 Å². The number of esters is 1. The van der Waals surface area contributed by atoms with Crippen molar-refractivity contribution in [3.63, 3.8) is 0 Å². The lowest BCUT2D eigenvalue weighted by Crippen LogP contribution is -2.38. The summed E-state index contributed by atoms with van der Waals surface area (Å²) in [6.45, 7) is 4.50. The number of allylic oxidation sites excluding steroid dienone is 2. The van der Waals surface area contributed by atoms with Crippen LogP contribution in [-0.4, -0.2) is 32.4 Å². The van der Waals surface area contributed by atoms with Crippen LogP contribution in [0.25, 0.3) is 0 Å². The second-order valence-electron chi connectivity index (χ2n) is 7.47. The summed E-state index contributed by atoms with van der Waals surface area (Å²) >= 11 is 0. The normalized spacial score (nSPS) is 25.0. The number of ether oxygens (including phenoxy) is 3. The van der Waals surface area contributed by atoms with E-state index in [0.717, 1.165) is 19.3 Å². The van der Waals surface area contributed by atoms with Gasteiger partial charge in [-0.15, -0.1) is 6.58 Å². The summed E-state index contributed by atoms with van der Waals surface area (Å²) in [7, 11) is 1.40. The van der Waals surface area contributed by atoms with E-state index in [1.165, 1.54) is 12.7 Å². The lowest BCUT2D eigenvalue weighted by molar-refractivity contribution is -0.145. The average molecular weight is 370 g/mol. The van der Waals surface area contributed by atoms with E-state index in [-0.39, 0.29) is 23.2 Å². The molecule has 1 spiro atoms. The Labute approximate surface area is 160 Å². The molecule has 0 amide bonds. The molecule has 5 heteroatoms. The topological polar surface area (TPSA) is 61.8 Å². The Morgan fingerprint density at radius 1 is 1.30 bits per heavy atom. The zero-order chi connectivity index (χ0) is 19.3. The van der Waals surface area contributed by atoms with E-state index in [2.05, 4.69) is 30.9 Å². The molecule has 1 saturated carbocycles. The van der Waals surface area contributed by atoms with Crippen molar-refractivity contribution in [2.24, 2.45) is 23.2 Å². The van der Waals surface area contributed by atoms with Gasteiger partial charge in [0.2, 0.25) is 0 Å². The maximum Gasteiger partial charge on any atom is 0.508 e. The van der Waals surface area contributed by atoms with Gasteiger partial charge in [-0.1, -0.05) is 48.6 Å². The highest BCUT2D eigenvalue weighted by molar-refractivity contribution is 5.74. The van der Waals surface area contributed by atoms with Gasteiger partial charge in [-0.25, -0.2) is 4.79 Å². The van der Waals surface area contributed by atoms with Crippen LogP contribution in [0.1, 0.15) is 18.4 Å². The lowest BCUT2D eigenvalue weighted by atomic mass is 9.82. The van der Waals surface area contributed by atoms with Crippen LogP contribution in [0.2, 0.25) is 0 Å². The van der Waals surface area contributed by atoms with Crippen LogP contribution in [0, 0.1) is 23.2 Å². The van der Waals surface area contributed by atoms with Crippen LogP contribution in [-0.2, 0) is 25.4 Å². The number of carbonyl (C=O) groups excluding carboxylic acids is 2. The van der Waals surface area contributed by atoms with Gasteiger partial charge in [-0.2, -0.15) is 0 Å². The van der Waals surface area contributed by atoms with Crippen molar-refractivity contribution >= 4 is 12.1 Å². The zero-order valence-corrected chi connectivity index (χ0v) is 15.6. The molecule has 0 radical (unpaired) electrons. The number of carbonyl (C=O) groups is 2. The van der Waals surface area contributed by atoms with Crippen LogP contribution >= 0.6 is 0 Å². The van der Waals surface area contributed by atoms with Gasteiger partial charge >= 0.3 is 12.1 Å². The minimum Gasteiger partial charge on any atom is -0.469 e. The van der Waals surface area contributed by atoms with E-state index in [9.17, 15) is 9.59 Å². The fourth-order valence-corrected chi connectivity index (χ4v) is 4.31. The van der Waals surface area contributed by atoms with Crippen molar-refractivity contribution in [3.8, 4) is 0 Å². The summed E-state index contributed by atoms with van der Waals surface area (Å²) in [6.07, 6.45) is 7.75. The minimum absolute atomic E-state index is 0.0439. The van der Waals surface area contributed by atoms with Crippen LogP contribution in [0.15, 0.2) is 55.1 Å². The second-order valence-corrected chi connectivity index (χ2v) is 7.47. The van der Waals surface area contributed by atoms with Gasteiger partial charge in [0.1, 0.15) is 13.2 Å². The zero-order valence-electron chi connectivity index (χ0n) is 15.6. The van der Waals surface area contributed by atoms with Crippen molar-refractivity contribution in [3.05, 3.63) is 60.7 Å². The molecule has 0 N–H and O–H groups in total. The van der Waals surface area contributed by atoms with Crippen molar-refractivity contribution < 1.29 is 23.8 Å². The predicted octanol–water partition coefficient (Wildman–Crippen LogP) is 3.94. The number of cyclic esters (lactones) is 2. The van der Waals surface area contributed by atoms with Gasteiger partial charge in [0, 0.05) is 5.41 Å². The van der Waals surface area contributed by atoms with Gasteiger partial charge in [-0.05, 0) is 36.7 Å². The van der Waals surface area contributed by atoms with E-state index in [1.807, 2.05) is 18.2 Å². The van der Waals surface area contributed by atoms with Gasteiger partial charge in [-0.3, -0.25) is 4.79 Å². The first-order valence-corrected chi connectivity index (χ1v) is 9.27. The predicted molar refractivity (Wildman–Crippen MR) is 101 cm³/mol. The Hall–Kier alpha value is -2.56. The van der Waals surface area contributed by atoms with Crippen molar-refractivity contribution in [1.29, 1.82) is 0 Å². The van der Waals surface area contributed by atoms with E-state index < -0.39 is 12.1 Å². The fourth-order valence-electron chi connectivity index (χ4n) is 4.31. The number of hydrogen-bond acceptors (Lipinski definition) is 5. The number of rotatable bonds is 6. The van der Waals surface area contributed by atoms with Crippen LogP contribution in [0.5, 0.6) is 0 Å². The highest BCUT2D eigenvalue weighted by Crippen LogP contribution is 2.51. The third kappa shape index (κ3) is 4.41. The first kappa shape index (κ1) is 19.2. The maximum absolute atomic E-state index is 12.3. The molecule has 5 nitrogen and oxygen atoms in total. The largest absolute Gasteiger partial charge is 0.508 e. The molecule has 1 saturated heterocycles. The third-order valence-corrected chi connectivity index (χ3v) is 5.65. The smallest absolute Gasteiger partial charge is 0.469 e. The summed E-state index contributed by atoms with van der Waals surface area (Å²) in [5, 5.41) is 0. The fraction of sp³-hybridized carbons (Fsp3) is 0.455. The lowest BCUT2D eigenvalue weighted by Gasteiger charge is -2.32. The van der Waals surface area contributed by atoms with Gasteiger partial charge < -0.3 is 14.2 Å². The maximum atomic E-state index is 12.3. The second kappa shape index (κ2) is 8.42. The molecule has 27 heavy (non-hydrogen) atoms. The first-order chi connectivity index (χ1) is 13.1. The highest BCUT2D eigenvalue weighted by atomic mass is 16.7. The molecular formula is C22H26O5. The van der Waals surface area contributed by atoms with E-state index in [4.69, 9.17) is 14.2 Å². The molecule has 1 aromatic carbocycles. The Morgan fingerprint density at radius 2 is 2.00 bits per heavy atom. The molecule has 1 aliphatic heterocycles. The monoisotopic (exact) mass is 370 g/mol. The number of benzene rings is 1. The van der Waals surface area contributed by atoms with Crippen molar-refractivity contribution in [2.75, 3.05) is 20.3 Å². The first-order valence-electron chi connectivity index (χ1n) is 9.27. The van der Waals surface area contributed by atoms with Crippen LogP contribution < -0.4 is 0 Å². The molecule has 0 unspecified atom stereocenters. The Balaban J connectivity index is 1.77. The molecule has 144 valence electrons. The minimum atomic E-state index is -0.617. The van der Waals surface area contributed by atoms with Gasteiger partial charge in [0.05, 0.1) is 13.0 Å². The molecule has 1 aliphatic carbocycles. The molecule has 1 heterocycles. The summed E-state index contributed by atoms with van der Waals surface area (Å²) in [6, 6.07) is 10.2. The summed E-state index contributed by atoms with van der Waals surface area (Å²) in [4.78, 5) is 23.6. The number of methoxy groups -OCH3 is 1. The Bertz CT molecular complexity index is 699. The molecule has 2 fully saturated rings. The summed E-state index contributed by atoms with van der Waals surface area (Å²) in [5.41, 5.74) is 0.983. The molecule has 0 aromatic heterocycles. The Kier molecular flexibility index (Phi) is 5.99. The molecule has 3 rings (SSSR count). The SMILES string of the molecule is C=C[C@H](C(=O)OC)[C@H]1CC2(COC(=O)OC2)C[C@@H]1/C=C/Cc1ccccc1. The van der Waals surface area contributed by atoms with E-state index >= 15 is 0 Å².